The van der Waals surface area contributed by atoms with Gasteiger partial charge in [0.05, 0.1) is 4.90 Å². The predicted octanol–water partition coefficient (Wildman–Crippen LogP) is 0.0766. The van der Waals surface area contributed by atoms with Crippen LogP contribution < -0.4 is 10.7 Å². The van der Waals surface area contributed by atoms with Crippen LogP contribution in [0.3, 0.4) is 0 Å². The molecule has 0 aromatic carbocycles. The van der Waals surface area contributed by atoms with Gasteiger partial charge >= 0.3 is 0 Å². The van der Waals surface area contributed by atoms with Crippen molar-refractivity contribution in [2.75, 3.05) is 0 Å². The van der Waals surface area contributed by atoms with Crippen molar-refractivity contribution >= 4 is 10.0 Å². The number of aromatic nitrogens is 1. The topological polar surface area (TPSA) is 82.2 Å². The molecule has 0 atom stereocenters. The molecule has 0 amide bonds. The van der Waals surface area contributed by atoms with Crippen molar-refractivity contribution in [3.8, 4) is 0 Å². The average molecular weight is 216 g/mol. The lowest BCUT2D eigenvalue weighted by atomic mass is 10.3. The molecule has 0 unspecified atom stereocenters. The Morgan fingerprint density at radius 2 is 2.00 bits per heavy atom. The first kappa shape index (κ1) is 10.9. The zero-order chi connectivity index (χ0) is 10.9. The summed E-state index contributed by atoms with van der Waals surface area (Å²) in [6.07, 6.45) is 1.42. The molecule has 0 radical (unpaired) electrons. The Hall–Kier alpha value is -1.14. The first-order valence-electron chi connectivity index (χ1n) is 4.07. The van der Waals surface area contributed by atoms with E-state index in [-0.39, 0.29) is 16.5 Å². The molecule has 1 heterocycles. The summed E-state index contributed by atoms with van der Waals surface area (Å²) < 4.78 is 23.2. The summed E-state index contributed by atoms with van der Waals surface area (Å²) in [6.45, 7) is 3.66. The van der Waals surface area contributed by atoms with E-state index in [1.165, 1.54) is 16.8 Å². The minimum absolute atomic E-state index is 0.00275. The molecule has 14 heavy (non-hydrogen) atoms. The zero-order valence-electron chi connectivity index (χ0n) is 7.97. The number of sulfonamides is 1. The average Bonchev–Trinajstić information content (AvgIpc) is 2.01. The van der Waals surface area contributed by atoms with Gasteiger partial charge in [0.25, 0.3) is 5.56 Å². The normalized spacial score (nSPS) is 12.0. The van der Waals surface area contributed by atoms with Crippen molar-refractivity contribution in [3.05, 3.63) is 28.7 Å². The van der Waals surface area contributed by atoms with Crippen LogP contribution in [-0.4, -0.2) is 13.0 Å². The van der Waals surface area contributed by atoms with Crippen molar-refractivity contribution in [2.24, 2.45) is 5.14 Å². The second-order valence-corrected chi connectivity index (χ2v) is 4.81. The third-order valence-corrected chi connectivity index (χ3v) is 2.72. The largest absolute Gasteiger partial charge is 0.313 e. The van der Waals surface area contributed by atoms with Gasteiger partial charge in [-0.25, -0.2) is 13.6 Å². The lowest BCUT2D eigenvalue weighted by Gasteiger charge is -2.09. The number of hydrogen-bond acceptors (Lipinski definition) is 3. The van der Waals surface area contributed by atoms with E-state index in [1.807, 2.05) is 13.8 Å². The fourth-order valence-electron chi connectivity index (χ4n) is 1.08. The standard InChI is InChI=1S/C8H12N2O3S/c1-6(2)10-4-3-7(5-8(10)11)14(9,12)13/h3-6H,1-2H3,(H2,9,12,13). The molecule has 1 rings (SSSR count). The second-order valence-electron chi connectivity index (χ2n) is 3.25. The molecule has 0 bridgehead atoms. The third kappa shape index (κ3) is 2.21. The molecule has 0 aliphatic rings. The molecule has 0 spiro atoms. The zero-order valence-corrected chi connectivity index (χ0v) is 8.78. The maximum atomic E-state index is 11.4. The van der Waals surface area contributed by atoms with Gasteiger partial charge in [-0.15, -0.1) is 0 Å². The van der Waals surface area contributed by atoms with Crippen molar-refractivity contribution in [1.29, 1.82) is 0 Å². The first-order valence-corrected chi connectivity index (χ1v) is 5.62. The van der Waals surface area contributed by atoms with Crippen molar-refractivity contribution in [2.45, 2.75) is 24.8 Å². The van der Waals surface area contributed by atoms with E-state index in [1.54, 1.807) is 0 Å². The van der Waals surface area contributed by atoms with Gasteiger partial charge in [-0.05, 0) is 19.9 Å². The highest BCUT2D eigenvalue weighted by Gasteiger charge is 2.09. The summed E-state index contributed by atoms with van der Waals surface area (Å²) in [5.74, 6) is 0. The monoisotopic (exact) mass is 216 g/mol. The van der Waals surface area contributed by atoms with E-state index < -0.39 is 10.0 Å². The molecule has 5 nitrogen and oxygen atoms in total. The van der Waals surface area contributed by atoms with E-state index >= 15 is 0 Å². The lowest BCUT2D eigenvalue weighted by Crippen LogP contribution is -2.23. The summed E-state index contributed by atoms with van der Waals surface area (Å²) >= 11 is 0. The molecule has 1 aromatic rings. The highest BCUT2D eigenvalue weighted by Crippen LogP contribution is 2.04. The molecule has 0 aliphatic heterocycles. The fourth-order valence-corrected chi connectivity index (χ4v) is 1.59. The van der Waals surface area contributed by atoms with Crippen LogP contribution in [0.5, 0.6) is 0 Å². The van der Waals surface area contributed by atoms with Gasteiger partial charge in [0, 0.05) is 18.3 Å². The van der Waals surface area contributed by atoms with Gasteiger partial charge in [-0.3, -0.25) is 4.79 Å². The summed E-state index contributed by atoms with van der Waals surface area (Å²) in [4.78, 5) is 11.2. The molecule has 0 saturated carbocycles. The van der Waals surface area contributed by atoms with Crippen LogP contribution in [0.4, 0.5) is 0 Å². The van der Waals surface area contributed by atoms with Crippen LogP contribution in [0.1, 0.15) is 19.9 Å². The Bertz CT molecular complexity index is 488. The first-order chi connectivity index (χ1) is 6.32. The van der Waals surface area contributed by atoms with Gasteiger partial charge in [-0.1, -0.05) is 0 Å². The van der Waals surface area contributed by atoms with E-state index in [4.69, 9.17) is 5.14 Å². The van der Waals surface area contributed by atoms with Crippen LogP contribution in [0.15, 0.2) is 28.0 Å². The Morgan fingerprint density at radius 1 is 1.43 bits per heavy atom. The minimum Gasteiger partial charge on any atom is -0.313 e. The Morgan fingerprint density at radius 3 is 2.36 bits per heavy atom. The fraction of sp³-hybridized carbons (Fsp3) is 0.375. The van der Waals surface area contributed by atoms with Gasteiger partial charge in [0.15, 0.2) is 0 Å². The number of nitrogens with zero attached hydrogens (tertiary/aromatic N) is 1. The maximum absolute atomic E-state index is 11.4. The summed E-state index contributed by atoms with van der Waals surface area (Å²) in [5.41, 5.74) is -0.369. The summed E-state index contributed by atoms with van der Waals surface area (Å²) in [7, 11) is -3.78. The van der Waals surface area contributed by atoms with Gasteiger partial charge in [0.1, 0.15) is 0 Å². The van der Waals surface area contributed by atoms with Crippen molar-refractivity contribution < 1.29 is 8.42 Å². The second kappa shape index (κ2) is 3.55. The maximum Gasteiger partial charge on any atom is 0.252 e. The third-order valence-electron chi connectivity index (χ3n) is 1.80. The predicted molar refractivity (Wildman–Crippen MR) is 52.5 cm³/mol. The molecule has 6 heteroatoms. The van der Waals surface area contributed by atoms with Gasteiger partial charge < -0.3 is 4.57 Å². The van der Waals surface area contributed by atoms with Crippen LogP contribution in [0.2, 0.25) is 0 Å². The Kier molecular flexibility index (Phi) is 2.77. The van der Waals surface area contributed by atoms with Crippen LogP contribution >= 0.6 is 0 Å². The molecule has 0 saturated heterocycles. The molecule has 0 fully saturated rings. The summed E-state index contributed by atoms with van der Waals surface area (Å²) in [6, 6.07) is 2.34. The number of rotatable bonds is 2. The summed E-state index contributed by atoms with van der Waals surface area (Å²) in [5, 5.41) is 4.88. The SMILES string of the molecule is CC(C)n1ccc(S(N)(=O)=O)cc1=O. The van der Waals surface area contributed by atoms with Crippen LogP contribution in [-0.2, 0) is 10.0 Å². The van der Waals surface area contributed by atoms with Crippen LogP contribution in [0.25, 0.3) is 0 Å². The van der Waals surface area contributed by atoms with Crippen molar-refractivity contribution in [3.63, 3.8) is 0 Å². The van der Waals surface area contributed by atoms with Gasteiger partial charge in [-0.2, -0.15) is 0 Å². The molecule has 1 aromatic heterocycles. The lowest BCUT2D eigenvalue weighted by molar-refractivity contribution is 0.571. The Labute approximate surface area is 82.2 Å². The van der Waals surface area contributed by atoms with E-state index in [0.29, 0.717) is 0 Å². The smallest absolute Gasteiger partial charge is 0.252 e. The number of primary sulfonamides is 1. The molecular weight excluding hydrogens is 204 g/mol. The van der Waals surface area contributed by atoms with E-state index in [2.05, 4.69) is 0 Å². The number of hydrogen-bond donors (Lipinski definition) is 1. The van der Waals surface area contributed by atoms with E-state index in [0.717, 1.165) is 6.07 Å². The molecule has 0 aliphatic carbocycles. The molecular formula is C8H12N2O3S. The molecule has 78 valence electrons. The highest BCUT2D eigenvalue weighted by molar-refractivity contribution is 7.89. The Balaban J connectivity index is 3.35. The number of pyridine rings is 1. The van der Waals surface area contributed by atoms with Crippen LogP contribution in [0, 0.1) is 0 Å². The highest BCUT2D eigenvalue weighted by atomic mass is 32.2. The quantitative estimate of drug-likeness (QED) is 0.759. The number of nitrogens with two attached hydrogens (primary N) is 1. The molecule has 2 N–H and O–H groups in total. The van der Waals surface area contributed by atoms with E-state index in [9.17, 15) is 13.2 Å². The van der Waals surface area contributed by atoms with Gasteiger partial charge in [0.2, 0.25) is 10.0 Å². The minimum atomic E-state index is -3.78. The van der Waals surface area contributed by atoms with Crippen molar-refractivity contribution in [1.82, 2.24) is 4.57 Å².